The molecule has 44 heteroatoms. The Bertz CT molecular complexity index is 3210. The predicted octanol–water partition coefficient (Wildman–Crippen LogP) is -7.18. The second-order valence-electron chi connectivity index (χ2n) is 33.1. The van der Waals surface area contributed by atoms with Crippen molar-refractivity contribution in [2.24, 2.45) is 52.8 Å². The number of rotatable bonds is 55. The number of carbonyl (C=O) groups excluding carboxylic acids is 16. The molecule has 0 aromatic carbocycles. The number of aliphatic hydroxyl groups is 4. The molecule has 0 aromatic rings. The highest BCUT2D eigenvalue weighted by atomic mass is 16.6. The number of likely N-dealkylation sites (tertiary alicyclic amines) is 8. The van der Waals surface area contributed by atoms with E-state index in [1.54, 1.807) is 14.7 Å². The van der Waals surface area contributed by atoms with Gasteiger partial charge in [0.05, 0.1) is 181 Å². The Morgan fingerprint density at radius 3 is 0.613 bits per heavy atom. The molecule has 8 saturated heterocycles. The number of hydrogen-bond donors (Lipinski definition) is 4. The first kappa shape index (κ1) is 100. The average Bonchev–Trinajstić information content (AvgIpc) is 1.86. The van der Waals surface area contributed by atoms with Crippen molar-refractivity contribution in [1.82, 2.24) is 58.8 Å². The molecular formula is C80H126N12O32. The van der Waals surface area contributed by atoms with Gasteiger partial charge in [0.15, 0.2) is 0 Å². The summed E-state index contributed by atoms with van der Waals surface area (Å²) >= 11 is 0. The quantitative estimate of drug-likeness (QED) is 0.0250. The van der Waals surface area contributed by atoms with E-state index in [9.17, 15) is 97.1 Å². The summed E-state index contributed by atoms with van der Waals surface area (Å²) in [6, 6.07) is 0. The van der Waals surface area contributed by atoms with Crippen molar-refractivity contribution < 1.29 is 154 Å². The van der Waals surface area contributed by atoms with Crippen molar-refractivity contribution in [2.45, 2.75) is 75.9 Å². The molecule has 12 unspecified atom stereocenters. The Labute approximate surface area is 720 Å². The largest absolute Gasteiger partial charge is 0.469 e. The molecule has 8 aliphatic rings. The Balaban J connectivity index is 1.09. The summed E-state index contributed by atoms with van der Waals surface area (Å²) in [5, 5.41) is 48.9. The zero-order valence-corrected chi connectivity index (χ0v) is 72.4. The number of aliphatic hydroxyl groups excluding tert-OH is 4. The van der Waals surface area contributed by atoms with Crippen molar-refractivity contribution in [1.29, 1.82) is 0 Å². The van der Waals surface area contributed by atoms with Gasteiger partial charge in [0, 0.05) is 228 Å². The van der Waals surface area contributed by atoms with Gasteiger partial charge in [-0.15, -0.1) is 0 Å². The molecule has 698 valence electrons. The van der Waals surface area contributed by atoms with Crippen LogP contribution in [0.15, 0.2) is 0 Å². The monoisotopic (exact) mass is 1770 g/mol. The highest BCUT2D eigenvalue weighted by Gasteiger charge is 2.44. The van der Waals surface area contributed by atoms with Crippen LogP contribution in [0.25, 0.3) is 0 Å². The minimum atomic E-state index is -1.60. The molecule has 8 aliphatic heterocycles. The van der Waals surface area contributed by atoms with Crippen LogP contribution in [-0.4, -0.2) is 485 Å². The third kappa shape index (κ3) is 29.6. The Kier molecular flexibility index (Phi) is 39.9. The van der Waals surface area contributed by atoms with Gasteiger partial charge >= 0.3 is 47.8 Å². The van der Waals surface area contributed by atoms with Crippen LogP contribution in [0.3, 0.4) is 0 Å². The van der Waals surface area contributed by atoms with Crippen LogP contribution >= 0.6 is 0 Å². The summed E-state index contributed by atoms with van der Waals surface area (Å²) < 4.78 is 65.5. The third-order valence-corrected chi connectivity index (χ3v) is 24.1. The molecule has 4 N–H and O–H groups in total. The van der Waals surface area contributed by atoms with Crippen LogP contribution in [-0.2, 0) is 134 Å². The number of methoxy groups -OCH3 is 8. The summed E-state index contributed by atoms with van der Waals surface area (Å²) in [5.41, 5.74) is -1.60. The van der Waals surface area contributed by atoms with Crippen molar-refractivity contribution in [2.75, 3.05) is 286 Å². The molecule has 8 amide bonds. The number of ether oxygens (including phenoxy) is 12. The van der Waals surface area contributed by atoms with Gasteiger partial charge in [-0.3, -0.25) is 96.3 Å². The maximum Gasteiger partial charge on any atom is 0.310 e. The SMILES string of the molecule is COC(=O)C1CC(=O)N(CCN(CCN2CC(C(=O)OC)CC2=O)CC(O)COCC(COCC(O)CN(CCN2CC(C(=O)OC)CC2=O)CCN2CC(C(=O)OC)CC2=O)(COCC(O)CN(CCN2CC(C(=O)OC)CC2=O)CCN2CC(C(=O)OC)CC2=O)COCC(O)N(CCN2CC(C(=O)OC)CC2=O)CCN2CC(C(=O)OC)CC2=O)C1. The lowest BCUT2D eigenvalue weighted by molar-refractivity contribution is -0.146. The standard InChI is InChI=1S/C80H126N12O32/c1-113-72(105)52-25-63(96)85(33-52)15-9-81(10-16-86-34-53(26-64(86)97)73(106)114-2)41-60(93)44-121-48-80(51-124-47-71(104)84(21-23-91-39-58(31-69(91)102)78(111)119-7)22-24-92-40-59(32-70(92)103)79(112)120-8,49-122-45-61(94)42-82(11-17-87-35-54(27-65(87)98)74(107)115-3)12-18-88-36-55(28-66(88)99)75(108)116-4)50-123-46-62(95)43-83(13-19-89-37-56(29-67(89)100)76(109)117-5)14-20-90-38-57(30-68(90)101)77(110)118-6/h52-62,71,93-95,104H,9-51H2,1-8H3. The fourth-order valence-electron chi connectivity index (χ4n) is 16.9. The van der Waals surface area contributed by atoms with Crippen LogP contribution in [0.1, 0.15) is 51.4 Å². The lowest BCUT2D eigenvalue weighted by Crippen LogP contribution is -2.49. The maximum absolute atomic E-state index is 13.4. The summed E-state index contributed by atoms with van der Waals surface area (Å²) in [5.74, 6) is -13.0. The summed E-state index contributed by atoms with van der Waals surface area (Å²) in [6.07, 6.45) is -6.45. The van der Waals surface area contributed by atoms with E-state index in [0.717, 1.165) is 0 Å². The van der Waals surface area contributed by atoms with Gasteiger partial charge in [-0.25, -0.2) is 0 Å². The second-order valence-corrected chi connectivity index (χ2v) is 33.1. The first-order chi connectivity index (χ1) is 59.2. The molecule has 0 aliphatic carbocycles. The molecule has 8 fully saturated rings. The van der Waals surface area contributed by atoms with E-state index in [0.29, 0.717) is 0 Å². The van der Waals surface area contributed by atoms with Crippen LogP contribution in [0.5, 0.6) is 0 Å². The Morgan fingerprint density at radius 1 is 0.282 bits per heavy atom. The van der Waals surface area contributed by atoms with E-state index in [4.69, 9.17) is 56.8 Å². The lowest BCUT2D eigenvalue weighted by atomic mass is 9.92. The van der Waals surface area contributed by atoms with E-state index in [2.05, 4.69) is 0 Å². The molecule has 0 saturated carbocycles. The normalized spacial score (nSPS) is 23.3. The molecule has 8 heterocycles. The lowest BCUT2D eigenvalue weighted by Gasteiger charge is -2.36. The highest BCUT2D eigenvalue weighted by Crippen LogP contribution is 2.29. The van der Waals surface area contributed by atoms with Gasteiger partial charge < -0.3 is 116 Å². The molecule has 12 atom stereocenters. The zero-order valence-electron chi connectivity index (χ0n) is 72.4. The van der Waals surface area contributed by atoms with E-state index in [1.807, 2.05) is 0 Å². The number of nitrogens with zero attached hydrogens (tertiary/aromatic N) is 12. The van der Waals surface area contributed by atoms with E-state index >= 15 is 0 Å². The molecule has 44 nitrogen and oxygen atoms in total. The van der Waals surface area contributed by atoms with Gasteiger partial charge in [0.25, 0.3) is 0 Å². The fourth-order valence-corrected chi connectivity index (χ4v) is 16.9. The average molecular weight is 1770 g/mol. The van der Waals surface area contributed by atoms with Gasteiger partial charge in [-0.2, -0.15) is 0 Å². The molecule has 8 rings (SSSR count). The van der Waals surface area contributed by atoms with Crippen LogP contribution in [0.2, 0.25) is 0 Å². The summed E-state index contributed by atoms with van der Waals surface area (Å²) in [7, 11) is 9.74. The van der Waals surface area contributed by atoms with E-state index in [1.165, 1.54) is 101 Å². The number of carbonyl (C=O) groups is 16. The minimum absolute atomic E-state index is 0.0109. The summed E-state index contributed by atoms with van der Waals surface area (Å²) in [4.78, 5) is 226. The van der Waals surface area contributed by atoms with Gasteiger partial charge in [-0.1, -0.05) is 0 Å². The first-order valence-corrected chi connectivity index (χ1v) is 42.0. The topological polar surface area (TPSA) is 504 Å². The fraction of sp³-hybridized carbons (Fsp3) is 0.800. The van der Waals surface area contributed by atoms with Gasteiger partial charge in [0.1, 0.15) is 6.23 Å². The van der Waals surface area contributed by atoms with E-state index < -0.39 is 178 Å². The van der Waals surface area contributed by atoms with E-state index in [-0.39, 0.29) is 275 Å². The van der Waals surface area contributed by atoms with Crippen LogP contribution < -0.4 is 0 Å². The number of esters is 8. The van der Waals surface area contributed by atoms with Crippen molar-refractivity contribution in [3.8, 4) is 0 Å². The van der Waals surface area contributed by atoms with Crippen LogP contribution in [0, 0.1) is 52.8 Å². The molecule has 124 heavy (non-hydrogen) atoms. The summed E-state index contributed by atoms with van der Waals surface area (Å²) in [6.45, 7) is -2.76. The molecule has 0 spiro atoms. The number of amides is 8. The maximum atomic E-state index is 13.4. The predicted molar refractivity (Wildman–Crippen MR) is 424 cm³/mol. The van der Waals surface area contributed by atoms with Crippen molar-refractivity contribution >= 4 is 95.0 Å². The Hall–Kier alpha value is -8.96. The molecule has 0 radical (unpaired) electrons. The number of hydrogen-bond acceptors (Lipinski definition) is 36. The van der Waals surface area contributed by atoms with Gasteiger partial charge in [0.2, 0.25) is 47.3 Å². The van der Waals surface area contributed by atoms with Gasteiger partial charge in [-0.05, 0) is 0 Å². The van der Waals surface area contributed by atoms with Crippen molar-refractivity contribution in [3.05, 3.63) is 0 Å². The Morgan fingerprint density at radius 2 is 0.444 bits per heavy atom. The van der Waals surface area contributed by atoms with Crippen LogP contribution in [0.4, 0.5) is 0 Å². The highest BCUT2D eigenvalue weighted by molar-refractivity contribution is 5.91. The first-order valence-electron chi connectivity index (χ1n) is 42.0. The second kappa shape index (κ2) is 49.2. The van der Waals surface area contributed by atoms with Crippen molar-refractivity contribution in [3.63, 3.8) is 0 Å². The zero-order chi connectivity index (χ0) is 90.5. The third-order valence-electron chi connectivity index (χ3n) is 24.1. The molecule has 0 bridgehead atoms. The molecule has 0 aromatic heterocycles. The smallest absolute Gasteiger partial charge is 0.310 e. The minimum Gasteiger partial charge on any atom is -0.469 e. The molecular weight excluding hydrogens is 1640 g/mol.